The molecule has 6 N–H and O–H groups in total. The van der Waals surface area contributed by atoms with Crippen LogP contribution in [0.15, 0.2) is 54.6 Å². The normalized spacial score (nSPS) is 10.5. The highest BCUT2D eigenvalue weighted by atomic mass is 16.6. The summed E-state index contributed by atoms with van der Waals surface area (Å²) in [4.78, 5) is 35.7. The predicted octanol–water partition coefficient (Wildman–Crippen LogP) is 3.40. The largest absolute Gasteiger partial charge is 0.504 e. The number of hydrogen-bond acceptors (Lipinski definition) is 9. The second-order valence-corrected chi connectivity index (χ2v) is 8.36. The Morgan fingerprint density at radius 1 is 0.605 bits per heavy atom. The number of aromatic hydroxyl groups is 4. The number of aryl methyl sites for hydroxylation is 2. The van der Waals surface area contributed by atoms with E-state index in [2.05, 4.69) is 5.32 Å². The average molecular weight is 526 g/mol. The molecule has 3 aromatic rings. The number of hydrogen-bond donors (Lipinski definition) is 6. The highest BCUT2D eigenvalue weighted by Crippen LogP contribution is 2.31. The van der Waals surface area contributed by atoms with Crippen molar-refractivity contribution in [2.24, 2.45) is 0 Å². The highest BCUT2D eigenvalue weighted by molar-refractivity contribution is 5.76. The quantitative estimate of drug-likeness (QED) is 0.123. The van der Waals surface area contributed by atoms with Gasteiger partial charge in [0.2, 0.25) is 0 Å². The van der Waals surface area contributed by atoms with Gasteiger partial charge in [-0.15, -0.1) is 0 Å². The summed E-state index contributed by atoms with van der Waals surface area (Å²) in [7, 11) is 0. The van der Waals surface area contributed by atoms with Crippen LogP contribution in [0.3, 0.4) is 0 Å². The summed E-state index contributed by atoms with van der Waals surface area (Å²) < 4.78 is 10.9. The number of phenolic OH excluding ortho intramolecular Hbond substituents is 4. The molecule has 0 saturated heterocycles. The Bertz CT molecular complexity index is 1320. The van der Waals surface area contributed by atoms with Gasteiger partial charge in [-0.3, -0.25) is 9.59 Å². The summed E-state index contributed by atoms with van der Waals surface area (Å²) in [6.07, 6.45) is -0.588. The van der Waals surface area contributed by atoms with Gasteiger partial charge in [-0.2, -0.15) is 0 Å². The summed E-state index contributed by atoms with van der Waals surface area (Å²) in [5.74, 6) is -2.47. The van der Waals surface area contributed by atoms with Gasteiger partial charge < -0.3 is 40.3 Å². The maximum atomic E-state index is 12.6. The monoisotopic (exact) mass is 525 g/mol. The first-order valence-corrected chi connectivity index (χ1v) is 11.6. The lowest BCUT2D eigenvalue weighted by Crippen LogP contribution is -2.23. The molecule has 3 rings (SSSR count). The molecule has 0 spiro atoms. The highest BCUT2D eigenvalue weighted by Gasteiger charge is 2.16. The van der Waals surface area contributed by atoms with E-state index in [9.17, 15) is 34.8 Å². The van der Waals surface area contributed by atoms with Gasteiger partial charge in [-0.05, 0) is 72.4 Å². The summed E-state index contributed by atoms with van der Waals surface area (Å²) in [5, 5.41) is 49.1. The van der Waals surface area contributed by atoms with Gasteiger partial charge in [0.1, 0.15) is 0 Å². The summed E-state index contributed by atoms with van der Waals surface area (Å²) in [6.45, 7) is 0.117. The first kappa shape index (κ1) is 27.7. The van der Waals surface area contributed by atoms with Crippen LogP contribution in [0.2, 0.25) is 0 Å². The summed E-state index contributed by atoms with van der Waals surface area (Å²) in [5.41, 5.74) is 1.83. The van der Waals surface area contributed by atoms with E-state index in [4.69, 9.17) is 14.6 Å². The molecule has 0 atom stereocenters. The number of nitrogens with one attached hydrogen (secondary N) is 1. The molecule has 200 valence electrons. The molecule has 11 heteroatoms. The van der Waals surface area contributed by atoms with Gasteiger partial charge in [0, 0.05) is 19.4 Å². The SMILES string of the molecule is O=C(O)NCCc1ccc(OC(=O)CCc2ccc(O)c(O)c2)c(OC(=O)CCc2ccc(O)c(O)c2)c1. The number of phenols is 4. The minimum absolute atomic E-state index is 0.00544. The number of benzene rings is 3. The number of ether oxygens (including phenoxy) is 2. The Kier molecular flexibility index (Phi) is 9.36. The van der Waals surface area contributed by atoms with E-state index in [0.717, 1.165) is 0 Å². The molecule has 0 aliphatic heterocycles. The minimum Gasteiger partial charge on any atom is -0.504 e. The van der Waals surface area contributed by atoms with Crippen molar-refractivity contribution in [3.8, 4) is 34.5 Å². The maximum absolute atomic E-state index is 12.6. The maximum Gasteiger partial charge on any atom is 0.404 e. The van der Waals surface area contributed by atoms with Crippen molar-refractivity contribution in [1.29, 1.82) is 0 Å². The molecule has 0 saturated carbocycles. The first-order chi connectivity index (χ1) is 18.1. The lowest BCUT2D eigenvalue weighted by Gasteiger charge is -2.13. The van der Waals surface area contributed by atoms with Crippen LogP contribution in [0.5, 0.6) is 34.5 Å². The molecular formula is C27H27NO10. The fourth-order valence-corrected chi connectivity index (χ4v) is 3.48. The number of carbonyl (C=O) groups is 3. The zero-order chi connectivity index (χ0) is 27.7. The first-order valence-electron chi connectivity index (χ1n) is 11.6. The number of rotatable bonds is 11. The van der Waals surface area contributed by atoms with E-state index < -0.39 is 18.0 Å². The van der Waals surface area contributed by atoms with Gasteiger partial charge >= 0.3 is 18.0 Å². The van der Waals surface area contributed by atoms with E-state index in [1.54, 1.807) is 18.2 Å². The van der Waals surface area contributed by atoms with Crippen molar-refractivity contribution < 1.29 is 49.4 Å². The average Bonchev–Trinajstić information content (AvgIpc) is 2.86. The van der Waals surface area contributed by atoms with Crippen molar-refractivity contribution in [3.63, 3.8) is 0 Å². The van der Waals surface area contributed by atoms with E-state index in [-0.39, 0.29) is 66.7 Å². The van der Waals surface area contributed by atoms with Crippen LogP contribution < -0.4 is 14.8 Å². The number of esters is 2. The number of carboxylic acid groups (broad SMARTS) is 1. The van der Waals surface area contributed by atoms with Crippen LogP contribution in [0.1, 0.15) is 29.5 Å². The Hall–Kier alpha value is -4.93. The Morgan fingerprint density at radius 3 is 1.58 bits per heavy atom. The molecule has 0 heterocycles. The molecule has 0 aliphatic carbocycles. The third-order valence-electron chi connectivity index (χ3n) is 5.46. The molecule has 1 amide bonds. The van der Waals surface area contributed by atoms with Crippen molar-refractivity contribution in [1.82, 2.24) is 5.32 Å². The van der Waals surface area contributed by atoms with E-state index >= 15 is 0 Å². The lowest BCUT2D eigenvalue weighted by molar-refractivity contribution is -0.137. The molecular weight excluding hydrogens is 498 g/mol. The summed E-state index contributed by atoms with van der Waals surface area (Å²) >= 11 is 0. The molecule has 0 fully saturated rings. The second-order valence-electron chi connectivity index (χ2n) is 8.36. The lowest BCUT2D eigenvalue weighted by atomic mass is 10.1. The Balaban J connectivity index is 1.67. The second kappa shape index (κ2) is 12.9. The van der Waals surface area contributed by atoms with Gasteiger partial charge in [0.25, 0.3) is 0 Å². The molecule has 3 aromatic carbocycles. The minimum atomic E-state index is -1.18. The molecule has 11 nitrogen and oxygen atoms in total. The molecule has 0 bridgehead atoms. The third kappa shape index (κ3) is 8.33. The zero-order valence-corrected chi connectivity index (χ0v) is 20.2. The van der Waals surface area contributed by atoms with Crippen molar-refractivity contribution in [3.05, 3.63) is 71.3 Å². The molecule has 0 aromatic heterocycles. The van der Waals surface area contributed by atoms with Crippen LogP contribution >= 0.6 is 0 Å². The van der Waals surface area contributed by atoms with Crippen LogP contribution in [0, 0.1) is 0 Å². The molecule has 0 radical (unpaired) electrons. The van der Waals surface area contributed by atoms with Crippen LogP contribution in [-0.2, 0) is 28.9 Å². The van der Waals surface area contributed by atoms with Gasteiger partial charge in [-0.25, -0.2) is 4.79 Å². The van der Waals surface area contributed by atoms with Crippen molar-refractivity contribution in [2.45, 2.75) is 32.1 Å². The Morgan fingerprint density at radius 2 is 1.08 bits per heavy atom. The third-order valence-corrected chi connectivity index (χ3v) is 5.46. The van der Waals surface area contributed by atoms with Crippen LogP contribution in [0.25, 0.3) is 0 Å². The molecule has 0 aliphatic rings. The standard InChI is InChI=1S/C27H27NO10/c29-19-6-1-16(13-21(19)31)4-9-25(33)37-23-8-3-18(11-12-28-27(35)36)15-24(23)38-26(34)10-5-17-2-7-20(30)22(32)14-17/h1-3,6-8,13-15,28-32H,4-5,9-12H2,(H,35,36). The smallest absolute Gasteiger partial charge is 0.404 e. The fraction of sp³-hybridized carbons (Fsp3) is 0.222. The Labute approximate surface area is 217 Å². The summed E-state index contributed by atoms with van der Waals surface area (Å²) in [6, 6.07) is 12.9. The van der Waals surface area contributed by atoms with Gasteiger partial charge in [0.15, 0.2) is 34.5 Å². The van der Waals surface area contributed by atoms with Crippen LogP contribution in [0.4, 0.5) is 4.79 Å². The van der Waals surface area contributed by atoms with E-state index in [0.29, 0.717) is 23.1 Å². The van der Waals surface area contributed by atoms with Gasteiger partial charge in [-0.1, -0.05) is 18.2 Å². The predicted molar refractivity (Wildman–Crippen MR) is 134 cm³/mol. The van der Waals surface area contributed by atoms with E-state index in [1.165, 1.54) is 36.4 Å². The molecule has 38 heavy (non-hydrogen) atoms. The fourth-order valence-electron chi connectivity index (χ4n) is 3.48. The van der Waals surface area contributed by atoms with Crippen molar-refractivity contribution in [2.75, 3.05) is 6.54 Å². The molecule has 0 unspecified atom stereocenters. The van der Waals surface area contributed by atoms with Crippen molar-refractivity contribution >= 4 is 18.0 Å². The number of carbonyl (C=O) groups excluding carboxylic acids is 2. The van der Waals surface area contributed by atoms with Crippen LogP contribution in [-0.4, -0.2) is 50.1 Å². The van der Waals surface area contributed by atoms with Gasteiger partial charge in [0.05, 0.1) is 0 Å². The topological polar surface area (TPSA) is 183 Å². The zero-order valence-electron chi connectivity index (χ0n) is 20.2. The van der Waals surface area contributed by atoms with E-state index in [1.807, 2.05) is 0 Å². The number of amides is 1.